The third-order valence-corrected chi connectivity index (χ3v) is 5.37. The van der Waals surface area contributed by atoms with E-state index in [1.54, 1.807) is 6.07 Å². The smallest absolute Gasteiger partial charge is 0.102 e. The number of halogens is 2. The van der Waals surface area contributed by atoms with Crippen LogP contribution in [0.1, 0.15) is 51.5 Å². The minimum Gasteiger partial charge on any atom is -0.389 e. The first-order valence-corrected chi connectivity index (χ1v) is 10.9. The zero-order valence-electron chi connectivity index (χ0n) is 16.9. The van der Waals surface area contributed by atoms with Crippen molar-refractivity contribution in [1.29, 1.82) is 0 Å². The highest BCUT2D eigenvalue weighted by Crippen LogP contribution is 2.28. The van der Waals surface area contributed by atoms with Crippen LogP contribution in [0.3, 0.4) is 0 Å². The molecule has 4 nitrogen and oxygen atoms in total. The monoisotopic (exact) mass is 426 g/mol. The summed E-state index contributed by atoms with van der Waals surface area (Å²) in [5, 5.41) is 11.4. The summed E-state index contributed by atoms with van der Waals surface area (Å²) in [7, 11) is 0. The van der Waals surface area contributed by atoms with Gasteiger partial charge in [0.25, 0.3) is 0 Å². The number of aliphatic hydroxyl groups is 1. The number of benzene rings is 1. The summed E-state index contributed by atoms with van der Waals surface area (Å²) in [4.78, 5) is 7.90. The van der Waals surface area contributed by atoms with Gasteiger partial charge in [-0.3, -0.25) is 10.3 Å². The molecule has 0 heterocycles. The van der Waals surface area contributed by atoms with E-state index in [1.807, 2.05) is 12.1 Å². The van der Waals surface area contributed by atoms with Gasteiger partial charge in [0.2, 0.25) is 0 Å². The number of hydrogen-bond donors (Lipinski definition) is 2. The molecule has 0 saturated heterocycles. The van der Waals surface area contributed by atoms with E-state index in [1.165, 1.54) is 0 Å². The molecule has 28 heavy (non-hydrogen) atoms. The van der Waals surface area contributed by atoms with Gasteiger partial charge in [0.1, 0.15) is 6.61 Å². The summed E-state index contributed by atoms with van der Waals surface area (Å²) in [5.74, 6) is 0. The minimum atomic E-state index is -0.516. The number of allylic oxidation sites excluding steroid dienone is 2. The quantitative estimate of drug-likeness (QED) is 0.461. The summed E-state index contributed by atoms with van der Waals surface area (Å²) in [5.41, 5.74) is 6.18. The Kier molecular flexibility index (Phi) is 10.4. The zero-order valence-corrected chi connectivity index (χ0v) is 18.4. The Bertz CT molecular complexity index is 671. The van der Waals surface area contributed by atoms with Crippen LogP contribution in [0.15, 0.2) is 35.5 Å². The molecule has 0 radical (unpaired) electrons. The van der Waals surface area contributed by atoms with Gasteiger partial charge in [-0.2, -0.15) is 0 Å². The summed E-state index contributed by atoms with van der Waals surface area (Å²) < 4.78 is 0. The molecule has 0 saturated carbocycles. The fourth-order valence-electron chi connectivity index (χ4n) is 3.36. The third-order valence-electron chi connectivity index (χ3n) is 4.64. The van der Waals surface area contributed by atoms with E-state index in [4.69, 9.17) is 28.0 Å². The van der Waals surface area contributed by atoms with Crippen LogP contribution in [-0.2, 0) is 4.84 Å². The van der Waals surface area contributed by atoms with E-state index < -0.39 is 6.10 Å². The highest BCUT2D eigenvalue weighted by atomic mass is 35.5. The van der Waals surface area contributed by atoms with Gasteiger partial charge < -0.3 is 10.0 Å². The average molecular weight is 427 g/mol. The molecule has 1 aromatic rings. The van der Waals surface area contributed by atoms with Crippen molar-refractivity contribution >= 4 is 29.3 Å². The Balaban J connectivity index is 1.89. The van der Waals surface area contributed by atoms with Gasteiger partial charge in [0.05, 0.1) is 21.8 Å². The van der Waals surface area contributed by atoms with Crippen molar-refractivity contribution in [3.05, 3.63) is 51.2 Å². The van der Waals surface area contributed by atoms with E-state index in [0.29, 0.717) is 16.6 Å². The molecular formula is C22H32Cl2N2O2. The molecule has 1 aliphatic carbocycles. The van der Waals surface area contributed by atoms with Crippen LogP contribution in [0.25, 0.3) is 6.08 Å². The molecule has 0 aromatic heterocycles. The molecule has 0 fully saturated rings. The number of nitrogens with zero attached hydrogens (tertiary/aromatic N) is 1. The Labute approximate surface area is 179 Å². The van der Waals surface area contributed by atoms with Gasteiger partial charge >= 0.3 is 0 Å². The number of hydrogen-bond acceptors (Lipinski definition) is 4. The van der Waals surface area contributed by atoms with Gasteiger partial charge in [-0.25, -0.2) is 0 Å². The molecule has 0 amide bonds. The lowest BCUT2D eigenvalue weighted by Gasteiger charge is -2.24. The van der Waals surface area contributed by atoms with Gasteiger partial charge in [-0.1, -0.05) is 49.2 Å². The summed E-state index contributed by atoms with van der Waals surface area (Å²) in [6, 6.07) is 5.62. The summed E-state index contributed by atoms with van der Waals surface area (Å²) in [6.07, 6.45) is 8.97. The Morgan fingerprint density at radius 2 is 1.96 bits per heavy atom. The maximum Gasteiger partial charge on any atom is 0.102 e. The number of aliphatic hydroxyl groups excluding tert-OH is 1. The molecule has 156 valence electrons. The van der Waals surface area contributed by atoms with Crippen molar-refractivity contribution in [2.24, 2.45) is 0 Å². The van der Waals surface area contributed by atoms with Gasteiger partial charge in [-0.05, 0) is 74.5 Å². The van der Waals surface area contributed by atoms with Crippen molar-refractivity contribution in [2.75, 3.05) is 26.2 Å². The molecule has 1 atom stereocenters. The Morgan fingerprint density at radius 3 is 2.64 bits per heavy atom. The Hall–Kier alpha value is -1.04. The molecule has 0 unspecified atom stereocenters. The van der Waals surface area contributed by atoms with E-state index in [-0.39, 0.29) is 6.61 Å². The Morgan fingerprint density at radius 1 is 1.21 bits per heavy atom. The van der Waals surface area contributed by atoms with Gasteiger partial charge in [0.15, 0.2) is 0 Å². The second-order valence-corrected chi connectivity index (χ2v) is 8.04. The predicted octanol–water partition coefficient (Wildman–Crippen LogP) is 5.45. The molecule has 0 bridgehead atoms. The number of rotatable bonds is 11. The lowest BCUT2D eigenvalue weighted by atomic mass is 9.97. The van der Waals surface area contributed by atoms with E-state index in [0.717, 1.165) is 62.0 Å². The van der Waals surface area contributed by atoms with E-state index in [9.17, 15) is 5.11 Å². The summed E-state index contributed by atoms with van der Waals surface area (Å²) >= 11 is 12.1. The third kappa shape index (κ3) is 7.76. The number of nitrogens with one attached hydrogen (secondary N) is 1. The van der Waals surface area contributed by atoms with Gasteiger partial charge in [0, 0.05) is 6.54 Å². The van der Waals surface area contributed by atoms with Crippen LogP contribution < -0.4 is 5.48 Å². The van der Waals surface area contributed by atoms with Crippen LogP contribution in [0.2, 0.25) is 10.0 Å². The normalized spacial score (nSPS) is 17.1. The highest BCUT2D eigenvalue weighted by Gasteiger charge is 2.14. The first-order valence-electron chi connectivity index (χ1n) is 10.2. The molecule has 6 heteroatoms. The number of hydroxylamine groups is 1. The van der Waals surface area contributed by atoms with Crippen LogP contribution in [0, 0.1) is 0 Å². The SMILES string of the molecule is CCCN(CCC)C[C@@H](O)CONC1=CCCCC1=Cc1ccc(Cl)c(Cl)c1. The molecule has 0 aliphatic heterocycles. The summed E-state index contributed by atoms with van der Waals surface area (Å²) in [6.45, 7) is 7.20. The lowest BCUT2D eigenvalue weighted by Crippen LogP contribution is -2.37. The standard InChI is InChI=1S/C22H32Cl2N2O2/c1-3-11-26(12-4-2)15-19(27)16-28-25-22-8-6-5-7-18(22)13-17-9-10-20(23)21(24)14-17/h8-10,13-14,19,25,27H,3-7,11-12,15-16H2,1-2H3/t19-/m1/s1. The van der Waals surface area contributed by atoms with Crippen molar-refractivity contribution in [3.8, 4) is 0 Å². The molecule has 1 aromatic carbocycles. The largest absolute Gasteiger partial charge is 0.389 e. The fraction of sp³-hybridized carbons (Fsp3) is 0.545. The predicted molar refractivity (Wildman–Crippen MR) is 118 cm³/mol. The molecule has 1 aliphatic rings. The molecule has 0 spiro atoms. The second kappa shape index (κ2) is 12.5. The van der Waals surface area contributed by atoms with Crippen LogP contribution in [-0.4, -0.2) is 42.4 Å². The van der Waals surface area contributed by atoms with Gasteiger partial charge in [-0.15, -0.1) is 0 Å². The maximum absolute atomic E-state index is 10.3. The van der Waals surface area contributed by atoms with Crippen molar-refractivity contribution < 1.29 is 9.94 Å². The molecule has 2 rings (SSSR count). The van der Waals surface area contributed by atoms with Crippen molar-refractivity contribution in [2.45, 2.75) is 52.1 Å². The van der Waals surface area contributed by atoms with Crippen LogP contribution >= 0.6 is 23.2 Å². The highest BCUT2D eigenvalue weighted by molar-refractivity contribution is 6.42. The molecule has 2 N–H and O–H groups in total. The first-order chi connectivity index (χ1) is 13.5. The molecular weight excluding hydrogens is 395 g/mol. The topological polar surface area (TPSA) is 44.7 Å². The maximum atomic E-state index is 10.3. The second-order valence-electron chi connectivity index (χ2n) is 7.22. The van der Waals surface area contributed by atoms with E-state index in [2.05, 4.69) is 36.4 Å². The van der Waals surface area contributed by atoms with Crippen molar-refractivity contribution in [1.82, 2.24) is 10.4 Å². The van der Waals surface area contributed by atoms with E-state index >= 15 is 0 Å². The van der Waals surface area contributed by atoms with Crippen molar-refractivity contribution in [3.63, 3.8) is 0 Å². The van der Waals surface area contributed by atoms with Crippen LogP contribution in [0.4, 0.5) is 0 Å². The van der Waals surface area contributed by atoms with Crippen LogP contribution in [0.5, 0.6) is 0 Å². The minimum absolute atomic E-state index is 0.251. The zero-order chi connectivity index (χ0) is 20.4. The average Bonchev–Trinajstić information content (AvgIpc) is 2.66. The first kappa shape index (κ1) is 23.2. The fourth-order valence-corrected chi connectivity index (χ4v) is 3.66. The lowest BCUT2D eigenvalue weighted by molar-refractivity contribution is -0.0180.